The van der Waals surface area contributed by atoms with Gasteiger partial charge in [0.1, 0.15) is 12.4 Å². The highest BCUT2D eigenvalue weighted by atomic mass is 16.5. The van der Waals surface area contributed by atoms with Crippen molar-refractivity contribution in [3.63, 3.8) is 0 Å². The molecule has 0 unspecified atom stereocenters. The Kier molecular flexibility index (Phi) is 10.5. The molecule has 0 aromatic heterocycles. The zero-order valence-corrected chi connectivity index (χ0v) is 18.2. The quantitative estimate of drug-likeness (QED) is 0.521. The van der Waals surface area contributed by atoms with Gasteiger partial charge in [-0.1, -0.05) is 62.4 Å². The Morgan fingerprint density at radius 2 is 1.57 bits per heavy atom. The van der Waals surface area contributed by atoms with Crippen molar-refractivity contribution < 1.29 is 14.3 Å². The topological polar surface area (TPSA) is 58.6 Å². The Hall–Kier alpha value is -2.82. The van der Waals surface area contributed by atoms with Gasteiger partial charge in [-0.05, 0) is 30.9 Å². The van der Waals surface area contributed by atoms with E-state index in [2.05, 4.69) is 19.2 Å². The van der Waals surface area contributed by atoms with Crippen LogP contribution in [0.25, 0.3) is 0 Å². The number of hydrogen-bond acceptors (Lipinski definition) is 3. The molecule has 2 aromatic rings. The molecule has 0 bridgehead atoms. The van der Waals surface area contributed by atoms with Gasteiger partial charge in [0.15, 0.2) is 0 Å². The molecule has 162 valence electrons. The third-order valence-electron chi connectivity index (χ3n) is 4.82. The number of nitrogens with zero attached hydrogens (tertiary/aromatic N) is 1. The van der Waals surface area contributed by atoms with Gasteiger partial charge in [0, 0.05) is 38.0 Å². The molecule has 0 spiro atoms. The number of nitrogens with one attached hydrogen (secondary N) is 1. The zero-order chi connectivity index (χ0) is 21.6. The first-order chi connectivity index (χ1) is 14.6. The highest BCUT2D eigenvalue weighted by molar-refractivity contribution is 5.79. The minimum Gasteiger partial charge on any atom is -0.489 e. The number of carbonyl (C=O) groups is 2. The molecule has 0 aliphatic carbocycles. The predicted octanol–water partition coefficient (Wildman–Crippen LogP) is 4.70. The zero-order valence-electron chi connectivity index (χ0n) is 18.2. The molecule has 30 heavy (non-hydrogen) atoms. The minimum atomic E-state index is -0.0433. The van der Waals surface area contributed by atoms with Gasteiger partial charge in [0.2, 0.25) is 11.8 Å². The first-order valence-electron chi connectivity index (χ1n) is 10.9. The molecule has 2 amide bonds. The highest BCUT2D eigenvalue weighted by Gasteiger charge is 2.12. The molecule has 0 saturated heterocycles. The van der Waals surface area contributed by atoms with Crippen molar-refractivity contribution in [1.82, 2.24) is 10.2 Å². The second kappa shape index (κ2) is 13.4. The van der Waals surface area contributed by atoms with Crippen LogP contribution in [0.2, 0.25) is 0 Å². The molecule has 0 aliphatic heterocycles. The molecule has 0 saturated carbocycles. The second-order valence-electron chi connectivity index (χ2n) is 7.39. The van der Waals surface area contributed by atoms with E-state index in [1.807, 2.05) is 59.5 Å². The summed E-state index contributed by atoms with van der Waals surface area (Å²) in [5.74, 6) is 0.871. The summed E-state index contributed by atoms with van der Waals surface area (Å²) in [7, 11) is 0. The van der Waals surface area contributed by atoms with Crippen LogP contribution in [0.3, 0.4) is 0 Å². The number of para-hydroxylation sites is 1. The highest BCUT2D eigenvalue weighted by Crippen LogP contribution is 2.19. The molecule has 2 rings (SSSR count). The minimum absolute atomic E-state index is 0.0433. The van der Waals surface area contributed by atoms with E-state index in [4.69, 9.17) is 4.74 Å². The van der Waals surface area contributed by atoms with E-state index in [0.29, 0.717) is 32.4 Å². The van der Waals surface area contributed by atoms with Crippen LogP contribution in [0.5, 0.6) is 5.75 Å². The van der Waals surface area contributed by atoms with Crippen molar-refractivity contribution in [2.75, 3.05) is 13.1 Å². The van der Waals surface area contributed by atoms with Gasteiger partial charge in [-0.25, -0.2) is 0 Å². The number of amides is 2. The monoisotopic (exact) mass is 410 g/mol. The first-order valence-corrected chi connectivity index (χ1v) is 10.9. The van der Waals surface area contributed by atoms with Crippen LogP contribution in [-0.4, -0.2) is 29.8 Å². The van der Waals surface area contributed by atoms with Gasteiger partial charge < -0.3 is 15.0 Å². The van der Waals surface area contributed by atoms with E-state index >= 15 is 0 Å². The summed E-state index contributed by atoms with van der Waals surface area (Å²) in [5.41, 5.74) is 2.04. The second-order valence-corrected chi connectivity index (χ2v) is 7.39. The Balaban J connectivity index is 1.76. The number of carbonyl (C=O) groups excluding carboxylic acids is 2. The smallest absolute Gasteiger partial charge is 0.222 e. The lowest BCUT2D eigenvalue weighted by atomic mass is 10.1. The van der Waals surface area contributed by atoms with Crippen molar-refractivity contribution >= 4 is 11.8 Å². The van der Waals surface area contributed by atoms with Crippen LogP contribution in [0, 0.1) is 0 Å². The lowest BCUT2D eigenvalue weighted by Gasteiger charge is -2.21. The number of rotatable bonds is 13. The van der Waals surface area contributed by atoms with E-state index in [1.54, 1.807) is 0 Å². The summed E-state index contributed by atoms with van der Waals surface area (Å²) in [5, 5.41) is 2.95. The number of ether oxygens (including phenoxy) is 1. The molecular formula is C25H34N2O3. The molecule has 0 radical (unpaired) electrons. The maximum Gasteiger partial charge on any atom is 0.222 e. The van der Waals surface area contributed by atoms with E-state index in [1.165, 1.54) is 0 Å². The first kappa shape index (κ1) is 23.5. The van der Waals surface area contributed by atoms with Gasteiger partial charge >= 0.3 is 0 Å². The summed E-state index contributed by atoms with van der Waals surface area (Å²) >= 11 is 0. The fourth-order valence-electron chi connectivity index (χ4n) is 3.27. The van der Waals surface area contributed by atoms with E-state index in [0.717, 1.165) is 42.8 Å². The predicted molar refractivity (Wildman–Crippen MR) is 120 cm³/mol. The molecule has 2 aromatic carbocycles. The lowest BCUT2D eigenvalue weighted by molar-refractivity contribution is -0.131. The van der Waals surface area contributed by atoms with Crippen LogP contribution < -0.4 is 10.1 Å². The Morgan fingerprint density at radius 1 is 0.900 bits per heavy atom. The Morgan fingerprint density at radius 3 is 2.27 bits per heavy atom. The van der Waals surface area contributed by atoms with E-state index < -0.39 is 0 Å². The molecular weight excluding hydrogens is 376 g/mol. The van der Waals surface area contributed by atoms with Crippen molar-refractivity contribution in [3.05, 3.63) is 65.7 Å². The third kappa shape index (κ3) is 8.27. The summed E-state index contributed by atoms with van der Waals surface area (Å²) in [6.07, 6.45) is 3.26. The summed E-state index contributed by atoms with van der Waals surface area (Å²) < 4.78 is 5.94. The van der Waals surface area contributed by atoms with Crippen molar-refractivity contribution in [3.8, 4) is 5.75 Å². The fourth-order valence-corrected chi connectivity index (χ4v) is 3.27. The van der Waals surface area contributed by atoms with Crippen molar-refractivity contribution in [1.29, 1.82) is 0 Å². The average molecular weight is 411 g/mol. The molecule has 1 N–H and O–H groups in total. The number of hydrogen-bond donors (Lipinski definition) is 1. The Bertz CT molecular complexity index is 771. The lowest BCUT2D eigenvalue weighted by Crippen LogP contribution is -2.32. The molecule has 5 heteroatoms. The largest absolute Gasteiger partial charge is 0.489 e. The van der Waals surface area contributed by atoms with Gasteiger partial charge in [-0.3, -0.25) is 9.59 Å². The standard InChI is InChI=1S/C25H34N2O3/c1-3-17-27(18-4-2)25(29)16-10-15-24(28)26-19-22-13-8-9-14-23(22)30-20-21-11-6-5-7-12-21/h5-9,11-14H,3-4,10,15-20H2,1-2H3,(H,26,28). The van der Waals surface area contributed by atoms with Gasteiger partial charge in [-0.15, -0.1) is 0 Å². The van der Waals surface area contributed by atoms with Gasteiger partial charge in [0.05, 0.1) is 0 Å². The van der Waals surface area contributed by atoms with E-state index in [9.17, 15) is 9.59 Å². The normalized spacial score (nSPS) is 10.5. The molecule has 0 heterocycles. The Labute approximate surface area is 180 Å². The SMILES string of the molecule is CCCN(CCC)C(=O)CCCC(=O)NCc1ccccc1OCc1ccccc1. The van der Waals surface area contributed by atoms with Gasteiger partial charge in [0.25, 0.3) is 0 Å². The third-order valence-corrected chi connectivity index (χ3v) is 4.82. The fraction of sp³-hybridized carbons (Fsp3) is 0.440. The maximum atomic E-state index is 12.3. The van der Waals surface area contributed by atoms with Gasteiger partial charge in [-0.2, -0.15) is 0 Å². The van der Waals surface area contributed by atoms with Crippen molar-refractivity contribution in [2.45, 2.75) is 59.1 Å². The van der Waals surface area contributed by atoms with Crippen molar-refractivity contribution in [2.24, 2.45) is 0 Å². The maximum absolute atomic E-state index is 12.3. The summed E-state index contributed by atoms with van der Waals surface area (Å²) in [6, 6.07) is 17.7. The van der Waals surface area contributed by atoms with Crippen LogP contribution in [0.1, 0.15) is 57.1 Å². The molecule has 0 aliphatic rings. The number of benzene rings is 2. The van der Waals surface area contributed by atoms with Crippen LogP contribution >= 0.6 is 0 Å². The summed E-state index contributed by atoms with van der Waals surface area (Å²) in [6.45, 7) is 6.63. The van der Waals surface area contributed by atoms with Crippen LogP contribution in [0.15, 0.2) is 54.6 Å². The van der Waals surface area contributed by atoms with Crippen LogP contribution in [-0.2, 0) is 22.7 Å². The average Bonchev–Trinajstić information content (AvgIpc) is 2.77. The van der Waals surface area contributed by atoms with E-state index in [-0.39, 0.29) is 11.8 Å². The molecule has 0 fully saturated rings. The molecule has 0 atom stereocenters. The summed E-state index contributed by atoms with van der Waals surface area (Å²) in [4.78, 5) is 26.4. The molecule has 5 nitrogen and oxygen atoms in total. The van der Waals surface area contributed by atoms with Crippen LogP contribution in [0.4, 0.5) is 0 Å².